The van der Waals surface area contributed by atoms with Crippen LogP contribution in [0.4, 0.5) is 5.82 Å². The molecule has 2 aromatic rings. The molecule has 0 spiro atoms. The highest BCUT2D eigenvalue weighted by atomic mass is 32.2. The topological polar surface area (TPSA) is 91.0 Å². The number of hydrogen-bond donors (Lipinski definition) is 0. The summed E-state index contributed by atoms with van der Waals surface area (Å²) in [5, 5.41) is 9.91. The lowest BCUT2D eigenvalue weighted by Gasteiger charge is -2.36. The van der Waals surface area contributed by atoms with E-state index >= 15 is 0 Å². The molecule has 0 N–H and O–H groups in total. The van der Waals surface area contributed by atoms with Crippen molar-refractivity contribution in [2.75, 3.05) is 44.9 Å². The smallest absolute Gasteiger partial charge is 0.270 e. The number of piperazine rings is 1. The van der Waals surface area contributed by atoms with Gasteiger partial charge in [0.05, 0.1) is 11.4 Å². The molecule has 39 heavy (non-hydrogen) atoms. The molecule has 5 rings (SSSR count). The van der Waals surface area contributed by atoms with Gasteiger partial charge in [-0.15, -0.1) is 0 Å². The first-order valence-electron chi connectivity index (χ1n) is 13.1. The lowest BCUT2D eigenvalue weighted by molar-refractivity contribution is -0.122. The number of aromatic nitrogens is 1. The van der Waals surface area contributed by atoms with Crippen LogP contribution in [-0.2, 0) is 17.9 Å². The molecule has 9 nitrogen and oxygen atoms in total. The van der Waals surface area contributed by atoms with E-state index in [0.29, 0.717) is 39.4 Å². The Morgan fingerprint density at radius 1 is 1.15 bits per heavy atom. The molecule has 2 fully saturated rings. The number of rotatable bonds is 7. The zero-order chi connectivity index (χ0) is 27.7. The van der Waals surface area contributed by atoms with E-state index in [-0.39, 0.29) is 23.8 Å². The molecule has 0 saturated carbocycles. The Balaban J connectivity index is 1.55. The van der Waals surface area contributed by atoms with Crippen LogP contribution < -0.4 is 19.9 Å². The van der Waals surface area contributed by atoms with E-state index in [4.69, 9.17) is 21.7 Å². The number of ether oxygens (including phenoxy) is 2. The Morgan fingerprint density at radius 3 is 2.62 bits per heavy atom. The maximum absolute atomic E-state index is 13.6. The van der Waals surface area contributed by atoms with Gasteiger partial charge in [0.25, 0.3) is 11.5 Å². The zero-order valence-electron chi connectivity index (χ0n) is 22.4. The van der Waals surface area contributed by atoms with Gasteiger partial charge in [0, 0.05) is 38.3 Å². The van der Waals surface area contributed by atoms with Crippen molar-refractivity contribution < 1.29 is 14.3 Å². The van der Waals surface area contributed by atoms with E-state index in [1.165, 1.54) is 11.8 Å². The van der Waals surface area contributed by atoms with E-state index in [1.54, 1.807) is 16.4 Å². The molecule has 0 radical (unpaired) electrons. The van der Waals surface area contributed by atoms with Crippen LogP contribution in [0.1, 0.15) is 42.0 Å². The van der Waals surface area contributed by atoms with Crippen LogP contribution in [0.2, 0.25) is 0 Å². The van der Waals surface area contributed by atoms with Crippen molar-refractivity contribution >= 4 is 46.1 Å². The second-order valence-corrected chi connectivity index (χ2v) is 11.6. The lowest BCUT2D eigenvalue weighted by atomic mass is 10.0. The molecule has 3 aliphatic rings. The van der Waals surface area contributed by atoms with Gasteiger partial charge in [0.1, 0.15) is 21.8 Å². The van der Waals surface area contributed by atoms with Crippen LogP contribution >= 0.6 is 24.0 Å². The number of carbonyl (C=O) groups is 1. The predicted octanol–water partition coefficient (Wildman–Crippen LogP) is 3.71. The number of pyridine rings is 1. The Hall–Kier alpha value is -3.33. The summed E-state index contributed by atoms with van der Waals surface area (Å²) in [5.41, 5.74) is 2.04. The summed E-state index contributed by atoms with van der Waals surface area (Å²) in [5.74, 6) is 1.91. The maximum Gasteiger partial charge on any atom is 0.270 e. The number of fused-ring (bicyclic) bond motifs is 1. The lowest BCUT2D eigenvalue weighted by Crippen LogP contribution is -2.47. The first-order chi connectivity index (χ1) is 18.8. The summed E-state index contributed by atoms with van der Waals surface area (Å²) in [6.07, 6.45) is 3.55. The number of thioether (sulfide) groups is 1. The number of hydrogen-bond acceptors (Lipinski definition) is 9. The van der Waals surface area contributed by atoms with Gasteiger partial charge in [-0.3, -0.25) is 19.1 Å². The molecule has 3 aliphatic heterocycles. The van der Waals surface area contributed by atoms with Gasteiger partial charge >= 0.3 is 0 Å². The summed E-state index contributed by atoms with van der Waals surface area (Å²) >= 11 is 6.86. The molecule has 4 heterocycles. The average Bonchev–Trinajstić information content (AvgIpc) is 3.50. The van der Waals surface area contributed by atoms with E-state index in [9.17, 15) is 14.9 Å². The Bertz CT molecular complexity index is 1450. The SMILES string of the molecule is CCCCn1c(N2CCN(C)CC2)c(/C=C2\SC(=S)N(Cc3ccc4c(c3)OCO4)C2=O)c(C)c(C#N)c1=O. The first kappa shape index (κ1) is 27.2. The van der Waals surface area contributed by atoms with Crippen LogP contribution in [0.3, 0.4) is 0 Å². The van der Waals surface area contributed by atoms with Crippen molar-refractivity contribution in [1.29, 1.82) is 5.26 Å². The molecule has 1 aromatic heterocycles. The van der Waals surface area contributed by atoms with Crippen molar-refractivity contribution in [3.05, 3.63) is 55.7 Å². The van der Waals surface area contributed by atoms with E-state index in [2.05, 4.69) is 29.8 Å². The van der Waals surface area contributed by atoms with Crippen molar-refractivity contribution in [3.63, 3.8) is 0 Å². The molecule has 0 atom stereocenters. The minimum atomic E-state index is -0.273. The van der Waals surface area contributed by atoms with Crippen molar-refractivity contribution in [2.45, 2.75) is 39.8 Å². The number of benzene rings is 1. The molecular formula is C28H31N5O4S2. The fourth-order valence-electron chi connectivity index (χ4n) is 5.02. The molecule has 0 bridgehead atoms. The fourth-order valence-corrected chi connectivity index (χ4v) is 6.25. The van der Waals surface area contributed by atoms with Crippen LogP contribution in [0.15, 0.2) is 27.9 Å². The summed E-state index contributed by atoms with van der Waals surface area (Å²) < 4.78 is 13.1. The van der Waals surface area contributed by atoms with Gasteiger partial charge in [0.2, 0.25) is 6.79 Å². The number of unbranched alkanes of at least 4 members (excludes halogenated alkanes) is 1. The van der Waals surface area contributed by atoms with Crippen molar-refractivity contribution in [1.82, 2.24) is 14.4 Å². The second kappa shape index (κ2) is 11.4. The third-order valence-corrected chi connectivity index (χ3v) is 8.69. The molecule has 0 aliphatic carbocycles. The molecule has 1 amide bonds. The highest BCUT2D eigenvalue weighted by Gasteiger charge is 2.34. The monoisotopic (exact) mass is 565 g/mol. The summed E-state index contributed by atoms with van der Waals surface area (Å²) in [6.45, 7) is 8.09. The zero-order valence-corrected chi connectivity index (χ0v) is 24.0. The summed E-state index contributed by atoms with van der Waals surface area (Å²) in [4.78, 5) is 33.6. The number of amides is 1. The summed E-state index contributed by atoms with van der Waals surface area (Å²) in [6, 6.07) is 7.72. The minimum Gasteiger partial charge on any atom is -0.454 e. The van der Waals surface area contributed by atoms with Crippen LogP contribution in [-0.4, -0.2) is 64.6 Å². The molecule has 2 saturated heterocycles. The predicted molar refractivity (Wildman–Crippen MR) is 156 cm³/mol. The number of likely N-dealkylation sites (N-methyl/N-ethyl adjacent to an activating group) is 1. The van der Waals surface area contributed by atoms with Crippen LogP contribution in [0.5, 0.6) is 11.5 Å². The molecule has 204 valence electrons. The van der Waals surface area contributed by atoms with Crippen LogP contribution in [0, 0.1) is 18.3 Å². The highest BCUT2D eigenvalue weighted by molar-refractivity contribution is 8.26. The third-order valence-electron chi connectivity index (χ3n) is 7.31. The highest BCUT2D eigenvalue weighted by Crippen LogP contribution is 2.38. The largest absolute Gasteiger partial charge is 0.454 e. The molecule has 1 aromatic carbocycles. The number of anilines is 1. The average molecular weight is 566 g/mol. The van der Waals surface area contributed by atoms with Gasteiger partial charge in [0.15, 0.2) is 11.5 Å². The van der Waals surface area contributed by atoms with E-state index in [1.807, 2.05) is 24.3 Å². The normalized spacial score (nSPS) is 18.4. The third kappa shape index (κ3) is 5.29. The Kier molecular flexibility index (Phi) is 7.98. The fraction of sp³-hybridized carbons (Fsp3) is 0.429. The number of nitriles is 1. The van der Waals surface area contributed by atoms with Gasteiger partial charge in [-0.1, -0.05) is 43.4 Å². The van der Waals surface area contributed by atoms with E-state index in [0.717, 1.165) is 56.0 Å². The number of thiocarbonyl (C=S) groups is 1. The molecular weight excluding hydrogens is 534 g/mol. The molecule has 11 heteroatoms. The number of nitrogens with zero attached hydrogens (tertiary/aromatic N) is 5. The molecule has 0 unspecified atom stereocenters. The number of carbonyl (C=O) groups excluding carboxylic acids is 1. The minimum absolute atomic E-state index is 0.117. The maximum atomic E-state index is 13.6. The quantitative estimate of drug-likeness (QED) is 0.368. The van der Waals surface area contributed by atoms with Gasteiger partial charge in [-0.25, -0.2) is 0 Å². The second-order valence-electron chi connectivity index (χ2n) is 9.91. The van der Waals surface area contributed by atoms with Crippen molar-refractivity contribution in [2.24, 2.45) is 0 Å². The standard InChI is InChI=1S/C28H31N5O4S2/c1-4-5-8-32-25(31-11-9-30(3)10-12-31)20(18(2)21(15-29)26(32)34)14-24-27(35)33(28(38)39-24)16-19-6-7-22-23(13-19)37-17-36-22/h6-7,13-14H,4-5,8-12,16-17H2,1-3H3/b24-14-. The van der Waals surface area contributed by atoms with Crippen LogP contribution in [0.25, 0.3) is 6.08 Å². The van der Waals surface area contributed by atoms with Gasteiger partial charge in [-0.05, 0) is 49.7 Å². The van der Waals surface area contributed by atoms with Gasteiger partial charge in [-0.2, -0.15) is 5.26 Å². The Morgan fingerprint density at radius 2 is 1.90 bits per heavy atom. The van der Waals surface area contributed by atoms with E-state index < -0.39 is 0 Å². The first-order valence-corrected chi connectivity index (χ1v) is 14.3. The summed E-state index contributed by atoms with van der Waals surface area (Å²) in [7, 11) is 2.08. The van der Waals surface area contributed by atoms with Crippen molar-refractivity contribution in [3.8, 4) is 17.6 Å². The Labute approximate surface area is 237 Å². The van der Waals surface area contributed by atoms with Gasteiger partial charge < -0.3 is 19.3 Å².